The molecule has 2 heterocycles. The Labute approximate surface area is 113 Å². The van der Waals surface area contributed by atoms with E-state index in [0.717, 1.165) is 17.9 Å². The Morgan fingerprint density at radius 1 is 1.53 bits per heavy atom. The summed E-state index contributed by atoms with van der Waals surface area (Å²) in [5, 5.41) is 9.49. The van der Waals surface area contributed by atoms with E-state index in [4.69, 9.17) is 5.11 Å². The van der Waals surface area contributed by atoms with Crippen LogP contribution in [0.25, 0.3) is 10.2 Å². The normalized spacial score (nSPS) is 11.4. The van der Waals surface area contributed by atoms with Crippen molar-refractivity contribution in [1.29, 1.82) is 0 Å². The lowest BCUT2D eigenvalue weighted by atomic mass is 10.2. The first kappa shape index (κ1) is 13.7. The van der Waals surface area contributed by atoms with Gasteiger partial charge in [0.05, 0.1) is 11.7 Å². The fourth-order valence-corrected chi connectivity index (χ4v) is 2.81. The van der Waals surface area contributed by atoms with Crippen LogP contribution in [-0.2, 0) is 6.54 Å². The van der Waals surface area contributed by atoms with E-state index in [2.05, 4.69) is 4.98 Å². The maximum Gasteiger partial charge on any atom is 0.346 e. The van der Waals surface area contributed by atoms with E-state index in [0.29, 0.717) is 22.3 Å². The van der Waals surface area contributed by atoms with Gasteiger partial charge in [-0.2, -0.15) is 0 Å². The zero-order valence-corrected chi connectivity index (χ0v) is 11.8. The number of carboxylic acid groups (broad SMARTS) is 1. The van der Waals surface area contributed by atoms with Crippen LogP contribution in [0.1, 0.15) is 15.2 Å². The number of fused-ring (bicyclic) bond motifs is 1. The standard InChI is InChI=1S/C12H15N3O3S/c1-7-8-10(19-9(7)12(17)18)13-6-15(11(8)16)5-4-14(2)3/h6H,4-5H2,1-3H3,(H,17,18). The molecular weight excluding hydrogens is 266 g/mol. The second-order valence-electron chi connectivity index (χ2n) is 4.59. The van der Waals surface area contributed by atoms with E-state index in [1.165, 1.54) is 10.9 Å². The van der Waals surface area contributed by atoms with E-state index in [1.807, 2.05) is 19.0 Å². The molecule has 19 heavy (non-hydrogen) atoms. The van der Waals surface area contributed by atoms with E-state index in [9.17, 15) is 9.59 Å². The number of aryl methyl sites for hydroxylation is 1. The molecule has 0 atom stereocenters. The van der Waals surface area contributed by atoms with Gasteiger partial charge < -0.3 is 10.0 Å². The highest BCUT2D eigenvalue weighted by atomic mass is 32.1. The highest BCUT2D eigenvalue weighted by Crippen LogP contribution is 2.26. The topological polar surface area (TPSA) is 75.4 Å². The third-order valence-electron chi connectivity index (χ3n) is 2.90. The third-order valence-corrected chi connectivity index (χ3v) is 4.09. The average molecular weight is 281 g/mol. The van der Waals surface area contributed by atoms with Crippen LogP contribution in [0, 0.1) is 6.92 Å². The van der Waals surface area contributed by atoms with Gasteiger partial charge in [0, 0.05) is 13.1 Å². The van der Waals surface area contributed by atoms with Crippen molar-refractivity contribution in [3.63, 3.8) is 0 Å². The summed E-state index contributed by atoms with van der Waals surface area (Å²) < 4.78 is 1.52. The van der Waals surface area contributed by atoms with E-state index in [-0.39, 0.29) is 10.4 Å². The lowest BCUT2D eigenvalue weighted by Crippen LogP contribution is -2.26. The number of rotatable bonds is 4. The van der Waals surface area contributed by atoms with Crippen molar-refractivity contribution in [3.05, 3.63) is 27.1 Å². The summed E-state index contributed by atoms with van der Waals surface area (Å²) >= 11 is 1.04. The van der Waals surface area contributed by atoms with E-state index in [1.54, 1.807) is 6.92 Å². The Hall–Kier alpha value is -1.73. The van der Waals surface area contributed by atoms with Crippen LogP contribution in [0.5, 0.6) is 0 Å². The van der Waals surface area contributed by atoms with E-state index < -0.39 is 5.97 Å². The first-order chi connectivity index (χ1) is 8.91. The Morgan fingerprint density at radius 2 is 2.21 bits per heavy atom. The van der Waals surface area contributed by atoms with Gasteiger partial charge in [-0.05, 0) is 26.6 Å². The van der Waals surface area contributed by atoms with Gasteiger partial charge in [-0.1, -0.05) is 0 Å². The van der Waals surface area contributed by atoms with Crippen LogP contribution in [0.3, 0.4) is 0 Å². The molecule has 2 aromatic heterocycles. The van der Waals surface area contributed by atoms with Gasteiger partial charge >= 0.3 is 5.97 Å². The molecule has 0 fully saturated rings. The quantitative estimate of drug-likeness (QED) is 0.905. The Kier molecular flexibility index (Phi) is 3.68. The Bertz CT molecular complexity index is 687. The first-order valence-electron chi connectivity index (χ1n) is 5.78. The molecule has 0 aliphatic carbocycles. The fourth-order valence-electron chi connectivity index (χ4n) is 1.83. The molecule has 0 aromatic carbocycles. The van der Waals surface area contributed by atoms with Crippen molar-refractivity contribution in [2.45, 2.75) is 13.5 Å². The van der Waals surface area contributed by atoms with Crippen molar-refractivity contribution in [2.75, 3.05) is 20.6 Å². The van der Waals surface area contributed by atoms with Gasteiger partial charge in [0.15, 0.2) is 0 Å². The Morgan fingerprint density at radius 3 is 2.79 bits per heavy atom. The summed E-state index contributed by atoms with van der Waals surface area (Å²) in [6.45, 7) is 2.91. The summed E-state index contributed by atoms with van der Waals surface area (Å²) in [5.74, 6) is -1.01. The van der Waals surface area contributed by atoms with Crippen molar-refractivity contribution in [1.82, 2.24) is 14.5 Å². The second kappa shape index (κ2) is 5.10. The van der Waals surface area contributed by atoms with Crippen LogP contribution in [0.2, 0.25) is 0 Å². The number of nitrogens with zero attached hydrogens (tertiary/aromatic N) is 3. The van der Waals surface area contributed by atoms with Crippen molar-refractivity contribution >= 4 is 27.5 Å². The average Bonchev–Trinajstić information content (AvgIpc) is 2.66. The fraction of sp³-hybridized carbons (Fsp3) is 0.417. The van der Waals surface area contributed by atoms with Gasteiger partial charge in [-0.3, -0.25) is 9.36 Å². The van der Waals surface area contributed by atoms with Gasteiger partial charge in [-0.25, -0.2) is 9.78 Å². The van der Waals surface area contributed by atoms with Gasteiger partial charge in [0.1, 0.15) is 9.71 Å². The minimum Gasteiger partial charge on any atom is -0.477 e. The predicted octanol–water partition coefficient (Wildman–Crippen LogP) is 1.03. The summed E-state index contributed by atoms with van der Waals surface area (Å²) in [4.78, 5) is 30.2. The summed E-state index contributed by atoms with van der Waals surface area (Å²) in [7, 11) is 3.85. The number of aromatic carboxylic acids is 1. The minimum atomic E-state index is -1.01. The molecule has 0 saturated carbocycles. The predicted molar refractivity (Wildman–Crippen MR) is 74.1 cm³/mol. The molecule has 6 nitrogen and oxygen atoms in total. The lowest BCUT2D eigenvalue weighted by molar-refractivity contribution is 0.0701. The van der Waals surface area contributed by atoms with Crippen LogP contribution >= 0.6 is 11.3 Å². The van der Waals surface area contributed by atoms with Crippen LogP contribution in [0.4, 0.5) is 0 Å². The molecular formula is C12H15N3O3S. The number of carbonyl (C=O) groups is 1. The number of hydrogen-bond donors (Lipinski definition) is 1. The molecule has 0 radical (unpaired) electrons. The number of likely N-dealkylation sites (N-methyl/N-ethyl adjacent to an activating group) is 1. The molecule has 0 bridgehead atoms. The van der Waals surface area contributed by atoms with Crippen molar-refractivity contribution in [2.24, 2.45) is 0 Å². The zero-order valence-electron chi connectivity index (χ0n) is 11.0. The van der Waals surface area contributed by atoms with Gasteiger partial charge in [0.2, 0.25) is 0 Å². The number of aromatic nitrogens is 2. The summed E-state index contributed by atoms with van der Waals surface area (Å²) in [5.41, 5.74) is 0.331. The largest absolute Gasteiger partial charge is 0.477 e. The molecule has 1 N–H and O–H groups in total. The smallest absolute Gasteiger partial charge is 0.346 e. The van der Waals surface area contributed by atoms with Crippen LogP contribution in [0.15, 0.2) is 11.1 Å². The van der Waals surface area contributed by atoms with Crippen molar-refractivity contribution in [3.8, 4) is 0 Å². The van der Waals surface area contributed by atoms with Crippen LogP contribution < -0.4 is 5.56 Å². The maximum atomic E-state index is 12.3. The van der Waals surface area contributed by atoms with E-state index >= 15 is 0 Å². The molecule has 102 valence electrons. The van der Waals surface area contributed by atoms with Gasteiger partial charge in [-0.15, -0.1) is 11.3 Å². The van der Waals surface area contributed by atoms with Crippen LogP contribution in [-0.4, -0.2) is 46.2 Å². The molecule has 0 amide bonds. The molecule has 0 saturated heterocycles. The molecule has 0 unspecified atom stereocenters. The monoisotopic (exact) mass is 281 g/mol. The van der Waals surface area contributed by atoms with Gasteiger partial charge in [0.25, 0.3) is 5.56 Å². The zero-order chi connectivity index (χ0) is 14.2. The molecule has 0 aliphatic heterocycles. The molecule has 2 rings (SSSR count). The first-order valence-corrected chi connectivity index (χ1v) is 6.60. The number of hydrogen-bond acceptors (Lipinski definition) is 5. The third kappa shape index (κ3) is 2.52. The molecule has 0 spiro atoms. The summed E-state index contributed by atoms with van der Waals surface area (Å²) in [6.07, 6.45) is 1.48. The summed E-state index contributed by atoms with van der Waals surface area (Å²) in [6, 6.07) is 0. The van der Waals surface area contributed by atoms with Crippen molar-refractivity contribution < 1.29 is 9.90 Å². The molecule has 2 aromatic rings. The highest BCUT2D eigenvalue weighted by Gasteiger charge is 2.18. The SMILES string of the molecule is Cc1c(C(=O)O)sc2ncn(CCN(C)C)c(=O)c12. The second-order valence-corrected chi connectivity index (χ2v) is 5.59. The molecule has 0 aliphatic rings. The highest BCUT2D eigenvalue weighted by molar-refractivity contribution is 7.20. The molecule has 7 heteroatoms. The maximum absolute atomic E-state index is 12.3. The number of carboxylic acids is 1. The minimum absolute atomic E-state index is 0.173. The lowest BCUT2D eigenvalue weighted by Gasteiger charge is -2.10. The Balaban J connectivity index is 2.55. The number of thiophene rings is 1.